The lowest BCUT2D eigenvalue weighted by atomic mass is 10.2. The highest BCUT2D eigenvalue weighted by Gasteiger charge is 2.09. The number of hydrogen-bond acceptors (Lipinski definition) is 5. The Morgan fingerprint density at radius 3 is 2.73 bits per heavy atom. The molecule has 0 aliphatic heterocycles. The van der Waals surface area contributed by atoms with Crippen LogP contribution in [0.2, 0.25) is 10.0 Å². The van der Waals surface area contributed by atoms with Crippen molar-refractivity contribution in [2.45, 2.75) is 18.1 Å². The average molecular weight is 358 g/mol. The number of benzene rings is 1. The maximum Gasteiger partial charge on any atom is 0.187 e. The van der Waals surface area contributed by atoms with Crippen molar-refractivity contribution in [3.8, 4) is 5.75 Å². The topological polar surface area (TPSA) is 47.0 Å². The molecule has 4 nitrogen and oxygen atoms in total. The molecule has 0 atom stereocenters. The summed E-state index contributed by atoms with van der Waals surface area (Å²) in [6, 6.07) is 5.36. The van der Waals surface area contributed by atoms with Crippen molar-refractivity contribution in [3.05, 3.63) is 46.2 Å². The minimum Gasteiger partial charge on any atom is -0.495 e. The monoisotopic (exact) mass is 357 g/mol. The van der Waals surface area contributed by atoms with E-state index in [4.69, 9.17) is 27.9 Å². The molecule has 2 aromatic rings. The minimum atomic E-state index is 0.531. The van der Waals surface area contributed by atoms with E-state index in [-0.39, 0.29) is 0 Å². The van der Waals surface area contributed by atoms with E-state index in [0.29, 0.717) is 22.3 Å². The smallest absolute Gasteiger partial charge is 0.187 e. The third-order valence-electron chi connectivity index (χ3n) is 2.88. The van der Waals surface area contributed by atoms with E-state index in [2.05, 4.69) is 15.3 Å². The number of aromatic nitrogens is 2. The molecule has 2 rings (SSSR count). The first-order valence-corrected chi connectivity index (χ1v) is 8.57. The van der Waals surface area contributed by atoms with Crippen LogP contribution in [0.15, 0.2) is 35.7 Å². The number of halogens is 2. The van der Waals surface area contributed by atoms with E-state index in [1.807, 2.05) is 12.1 Å². The molecule has 7 heteroatoms. The number of ether oxygens (including phenoxy) is 1. The fraction of sp³-hybridized carbons (Fsp3) is 0.333. The van der Waals surface area contributed by atoms with Gasteiger partial charge in [0.25, 0.3) is 0 Å². The van der Waals surface area contributed by atoms with Crippen molar-refractivity contribution in [2.24, 2.45) is 0 Å². The summed E-state index contributed by atoms with van der Waals surface area (Å²) in [5, 5.41) is 5.32. The molecule has 1 heterocycles. The summed E-state index contributed by atoms with van der Waals surface area (Å²) in [5.74, 6) is 1.63. The molecule has 0 radical (unpaired) electrons. The Hall–Kier alpha value is -1.01. The first kappa shape index (κ1) is 17.3. The van der Waals surface area contributed by atoms with Gasteiger partial charge in [0.15, 0.2) is 5.16 Å². The number of methoxy groups -OCH3 is 1. The van der Waals surface area contributed by atoms with E-state index in [9.17, 15) is 0 Å². The summed E-state index contributed by atoms with van der Waals surface area (Å²) < 4.78 is 5.32. The summed E-state index contributed by atoms with van der Waals surface area (Å²) in [7, 11) is 1.61. The molecule has 0 fully saturated rings. The van der Waals surface area contributed by atoms with Crippen molar-refractivity contribution < 1.29 is 4.74 Å². The number of hydrogen-bond donors (Lipinski definition) is 1. The predicted octanol–water partition coefficient (Wildman–Crippen LogP) is 4.06. The van der Waals surface area contributed by atoms with Gasteiger partial charge in [0, 0.05) is 35.3 Å². The molecule has 0 bridgehead atoms. The molecular formula is C15H17Cl2N3OS. The second-order valence-corrected chi connectivity index (χ2v) is 6.40. The van der Waals surface area contributed by atoms with E-state index in [1.165, 1.54) is 0 Å². The van der Waals surface area contributed by atoms with Gasteiger partial charge >= 0.3 is 0 Å². The maximum absolute atomic E-state index is 6.11. The van der Waals surface area contributed by atoms with Crippen LogP contribution in [-0.4, -0.2) is 29.4 Å². The molecule has 0 aliphatic carbocycles. The van der Waals surface area contributed by atoms with Gasteiger partial charge in [-0.15, -0.1) is 0 Å². The van der Waals surface area contributed by atoms with Crippen LogP contribution in [0.1, 0.15) is 12.0 Å². The van der Waals surface area contributed by atoms with Gasteiger partial charge in [-0.3, -0.25) is 0 Å². The van der Waals surface area contributed by atoms with Gasteiger partial charge in [-0.2, -0.15) is 0 Å². The van der Waals surface area contributed by atoms with Crippen molar-refractivity contribution in [2.75, 3.05) is 19.4 Å². The first-order chi connectivity index (χ1) is 10.7. The molecule has 0 saturated carbocycles. The molecule has 0 amide bonds. The average Bonchev–Trinajstić information content (AvgIpc) is 2.51. The Kier molecular flexibility index (Phi) is 7.25. The van der Waals surface area contributed by atoms with Crippen LogP contribution in [0.25, 0.3) is 0 Å². The summed E-state index contributed by atoms with van der Waals surface area (Å²) in [6.45, 7) is 1.54. The van der Waals surface area contributed by atoms with Crippen molar-refractivity contribution in [3.63, 3.8) is 0 Å². The normalized spacial score (nSPS) is 10.7. The molecule has 1 aromatic carbocycles. The predicted molar refractivity (Wildman–Crippen MR) is 92.1 cm³/mol. The zero-order valence-electron chi connectivity index (χ0n) is 12.2. The SMILES string of the molecule is COc1c(Cl)cc(Cl)cc1CNCCCSc1ncccn1. The van der Waals surface area contributed by atoms with E-state index < -0.39 is 0 Å². The van der Waals surface area contributed by atoms with Gasteiger partial charge in [0.1, 0.15) is 5.75 Å². The minimum absolute atomic E-state index is 0.531. The standard InChI is InChI=1S/C15H17Cl2N3OS/c1-21-14-11(8-12(16)9-13(14)17)10-18-4-3-7-22-15-19-5-2-6-20-15/h2,5-6,8-9,18H,3-4,7,10H2,1H3. The summed E-state index contributed by atoms with van der Waals surface area (Å²) in [4.78, 5) is 8.34. The lowest BCUT2D eigenvalue weighted by molar-refractivity contribution is 0.408. The molecule has 22 heavy (non-hydrogen) atoms. The lowest BCUT2D eigenvalue weighted by Crippen LogP contribution is -2.16. The van der Waals surface area contributed by atoms with Gasteiger partial charge in [-0.05, 0) is 31.2 Å². The lowest BCUT2D eigenvalue weighted by Gasteiger charge is -2.12. The molecule has 1 N–H and O–H groups in total. The van der Waals surface area contributed by atoms with Crippen LogP contribution >= 0.6 is 35.0 Å². The largest absolute Gasteiger partial charge is 0.495 e. The van der Waals surface area contributed by atoms with Crippen molar-refractivity contribution in [1.29, 1.82) is 0 Å². The fourth-order valence-electron chi connectivity index (χ4n) is 1.92. The second-order valence-electron chi connectivity index (χ2n) is 4.49. The molecule has 0 spiro atoms. The summed E-state index contributed by atoms with van der Waals surface area (Å²) in [6.07, 6.45) is 4.52. The Balaban J connectivity index is 1.73. The third-order valence-corrected chi connectivity index (χ3v) is 4.34. The van der Waals surface area contributed by atoms with Crippen LogP contribution in [0.5, 0.6) is 5.75 Å². The molecule has 1 aromatic heterocycles. The number of nitrogens with one attached hydrogen (secondary N) is 1. The van der Waals surface area contributed by atoms with Crippen LogP contribution in [-0.2, 0) is 6.54 Å². The Morgan fingerprint density at radius 2 is 2.00 bits per heavy atom. The van der Waals surface area contributed by atoms with E-state index >= 15 is 0 Å². The highest BCUT2D eigenvalue weighted by Crippen LogP contribution is 2.32. The number of thioether (sulfide) groups is 1. The van der Waals surface area contributed by atoms with Crippen LogP contribution in [0, 0.1) is 0 Å². The first-order valence-electron chi connectivity index (χ1n) is 6.83. The van der Waals surface area contributed by atoms with Gasteiger partial charge < -0.3 is 10.1 Å². The van der Waals surface area contributed by atoms with Crippen LogP contribution in [0.3, 0.4) is 0 Å². The van der Waals surface area contributed by atoms with Gasteiger partial charge in [-0.25, -0.2) is 9.97 Å². The van der Waals surface area contributed by atoms with Gasteiger partial charge in [0.2, 0.25) is 0 Å². The molecule has 0 saturated heterocycles. The van der Waals surface area contributed by atoms with Crippen molar-refractivity contribution >= 4 is 35.0 Å². The van der Waals surface area contributed by atoms with Gasteiger partial charge in [0.05, 0.1) is 12.1 Å². The molecule has 0 aliphatic rings. The summed E-state index contributed by atoms with van der Waals surface area (Å²) in [5.41, 5.74) is 0.957. The quantitative estimate of drug-likeness (QED) is 0.438. The van der Waals surface area contributed by atoms with Gasteiger partial charge in [-0.1, -0.05) is 35.0 Å². The highest BCUT2D eigenvalue weighted by molar-refractivity contribution is 7.99. The molecule has 0 unspecified atom stereocenters. The number of nitrogens with zero attached hydrogens (tertiary/aromatic N) is 2. The Morgan fingerprint density at radius 1 is 1.23 bits per heavy atom. The van der Waals surface area contributed by atoms with Crippen LogP contribution < -0.4 is 10.1 Å². The highest BCUT2D eigenvalue weighted by atomic mass is 35.5. The zero-order chi connectivity index (χ0) is 15.8. The van der Waals surface area contributed by atoms with Crippen molar-refractivity contribution in [1.82, 2.24) is 15.3 Å². The fourth-order valence-corrected chi connectivity index (χ4v) is 3.27. The zero-order valence-corrected chi connectivity index (χ0v) is 14.5. The Labute approximate surface area is 144 Å². The molecular weight excluding hydrogens is 341 g/mol. The Bertz CT molecular complexity index is 599. The van der Waals surface area contributed by atoms with E-state index in [1.54, 1.807) is 37.3 Å². The molecule has 118 valence electrons. The second kappa shape index (κ2) is 9.20. The third kappa shape index (κ3) is 5.32. The maximum atomic E-state index is 6.11. The number of rotatable bonds is 8. The van der Waals surface area contributed by atoms with E-state index in [0.717, 1.165) is 29.4 Å². The van der Waals surface area contributed by atoms with Crippen LogP contribution in [0.4, 0.5) is 0 Å². The summed E-state index contributed by atoms with van der Waals surface area (Å²) >= 11 is 13.8.